The van der Waals surface area contributed by atoms with Crippen LogP contribution in [0.4, 0.5) is 5.82 Å². The summed E-state index contributed by atoms with van der Waals surface area (Å²) in [5.74, 6) is 0.119. The third kappa shape index (κ3) is 6.48. The SMILES string of the molecule is CC(=O)Oc1cc(C)cc(C)c1C(C)(C)CC(=O)OC[C@@]1(C)O[C@@H](n2cnc3c(N)nc(Cl)nc32)C[C@@H]1OC(=O)C12CCC(CC1)CC2. The predicted molar refractivity (Wildman–Crippen MR) is 177 cm³/mol. The number of benzene rings is 1. The summed E-state index contributed by atoms with van der Waals surface area (Å²) < 4.78 is 26.1. The number of fused-ring (bicyclic) bond motifs is 4. The molecule has 2 bridgehead atoms. The monoisotopic (exact) mass is 681 g/mol. The Morgan fingerprint density at radius 3 is 2.48 bits per heavy atom. The second-order valence-corrected chi connectivity index (χ2v) is 15.1. The van der Waals surface area contributed by atoms with Crippen molar-refractivity contribution in [2.75, 3.05) is 12.3 Å². The molecule has 3 saturated carbocycles. The van der Waals surface area contributed by atoms with Gasteiger partial charge in [-0.05, 0) is 94.0 Å². The first kappa shape index (κ1) is 34.1. The number of nitrogens with zero attached hydrogens (tertiary/aromatic N) is 4. The number of esters is 3. The highest BCUT2D eigenvalue weighted by Crippen LogP contribution is 2.52. The molecule has 0 unspecified atom stereocenters. The fourth-order valence-corrected chi connectivity index (χ4v) is 8.19. The largest absolute Gasteiger partial charge is 0.462 e. The normalized spacial score (nSPS) is 26.9. The molecule has 1 aromatic carbocycles. The fraction of sp³-hybridized carbons (Fsp3) is 0.600. The van der Waals surface area contributed by atoms with E-state index in [0.717, 1.165) is 55.2 Å². The summed E-state index contributed by atoms with van der Waals surface area (Å²) in [7, 11) is 0. The van der Waals surface area contributed by atoms with Crippen LogP contribution in [0, 0.1) is 25.2 Å². The molecule has 4 aliphatic rings. The molecule has 0 radical (unpaired) electrons. The summed E-state index contributed by atoms with van der Waals surface area (Å²) in [5, 5.41) is -0.0327. The Kier molecular flexibility index (Phi) is 8.95. The quantitative estimate of drug-likeness (QED) is 0.159. The first-order valence-corrected chi connectivity index (χ1v) is 17.0. The van der Waals surface area contributed by atoms with Gasteiger partial charge in [0.05, 0.1) is 18.2 Å². The van der Waals surface area contributed by atoms with Crippen LogP contribution in [-0.4, -0.2) is 55.7 Å². The fourth-order valence-electron chi connectivity index (χ4n) is 8.02. The van der Waals surface area contributed by atoms with E-state index in [4.69, 9.17) is 36.3 Å². The molecule has 3 atom stereocenters. The zero-order valence-electron chi connectivity index (χ0n) is 28.4. The lowest BCUT2D eigenvalue weighted by atomic mass is 9.61. The molecule has 3 aromatic rings. The highest BCUT2D eigenvalue weighted by Gasteiger charge is 2.53. The minimum absolute atomic E-state index is 0.000258. The van der Waals surface area contributed by atoms with Gasteiger partial charge in [-0.1, -0.05) is 19.9 Å². The maximum Gasteiger partial charge on any atom is 0.312 e. The third-order valence-electron chi connectivity index (χ3n) is 10.5. The van der Waals surface area contributed by atoms with Crippen molar-refractivity contribution in [1.29, 1.82) is 0 Å². The van der Waals surface area contributed by atoms with Crippen molar-refractivity contribution >= 4 is 46.5 Å². The number of carbonyl (C=O) groups is 3. The highest BCUT2D eigenvalue weighted by molar-refractivity contribution is 6.28. The summed E-state index contributed by atoms with van der Waals surface area (Å²) in [6.07, 6.45) is 5.98. The Labute approximate surface area is 285 Å². The third-order valence-corrected chi connectivity index (χ3v) is 10.7. The Bertz CT molecular complexity index is 1750. The van der Waals surface area contributed by atoms with Gasteiger partial charge in [0.2, 0.25) is 5.28 Å². The van der Waals surface area contributed by atoms with Crippen molar-refractivity contribution < 1.29 is 33.3 Å². The minimum Gasteiger partial charge on any atom is -0.462 e. The number of hydrogen-bond donors (Lipinski definition) is 1. The number of nitrogens with two attached hydrogens (primary N) is 1. The lowest BCUT2D eigenvalue weighted by molar-refractivity contribution is -0.185. The summed E-state index contributed by atoms with van der Waals surface area (Å²) in [6.45, 7) is 10.6. The van der Waals surface area contributed by atoms with Gasteiger partial charge in [0.15, 0.2) is 11.5 Å². The van der Waals surface area contributed by atoms with Gasteiger partial charge in [-0.25, -0.2) is 4.98 Å². The second kappa shape index (κ2) is 12.6. The Morgan fingerprint density at radius 1 is 1.12 bits per heavy atom. The maximum atomic E-state index is 13.9. The molecule has 48 heavy (non-hydrogen) atoms. The van der Waals surface area contributed by atoms with E-state index in [1.165, 1.54) is 6.92 Å². The molecule has 258 valence electrons. The molecule has 1 aliphatic heterocycles. The molecule has 3 aliphatic carbocycles. The molecule has 4 fully saturated rings. The lowest BCUT2D eigenvalue weighted by Crippen LogP contribution is -2.48. The summed E-state index contributed by atoms with van der Waals surface area (Å²) in [4.78, 5) is 52.0. The molecule has 12 nitrogen and oxygen atoms in total. The zero-order chi connectivity index (χ0) is 34.6. The van der Waals surface area contributed by atoms with E-state index < -0.39 is 40.7 Å². The molecule has 0 amide bonds. The molecule has 3 heterocycles. The number of aromatic nitrogens is 4. The molecule has 13 heteroatoms. The molecule has 2 N–H and O–H groups in total. The van der Waals surface area contributed by atoms with Gasteiger partial charge in [-0.2, -0.15) is 9.97 Å². The molecular formula is C35H44ClN5O7. The van der Waals surface area contributed by atoms with Gasteiger partial charge in [0, 0.05) is 24.3 Å². The van der Waals surface area contributed by atoms with Crippen LogP contribution in [0.3, 0.4) is 0 Å². The van der Waals surface area contributed by atoms with E-state index in [9.17, 15) is 14.4 Å². The number of rotatable bonds is 9. The van der Waals surface area contributed by atoms with Crippen LogP contribution in [0.2, 0.25) is 5.28 Å². The van der Waals surface area contributed by atoms with E-state index in [1.807, 2.05) is 33.8 Å². The van der Waals surface area contributed by atoms with Crippen LogP contribution in [0.25, 0.3) is 11.2 Å². The van der Waals surface area contributed by atoms with Crippen molar-refractivity contribution in [2.24, 2.45) is 11.3 Å². The molecule has 1 saturated heterocycles. The number of imidazole rings is 1. The van der Waals surface area contributed by atoms with Gasteiger partial charge < -0.3 is 24.7 Å². The van der Waals surface area contributed by atoms with Crippen molar-refractivity contribution in [3.8, 4) is 5.75 Å². The first-order valence-electron chi connectivity index (χ1n) is 16.6. The zero-order valence-corrected chi connectivity index (χ0v) is 29.2. The van der Waals surface area contributed by atoms with Crippen LogP contribution in [0.5, 0.6) is 5.75 Å². The van der Waals surface area contributed by atoms with E-state index in [1.54, 1.807) is 23.9 Å². The van der Waals surface area contributed by atoms with Gasteiger partial charge in [0.25, 0.3) is 0 Å². The van der Waals surface area contributed by atoms with Crippen LogP contribution < -0.4 is 10.5 Å². The van der Waals surface area contributed by atoms with Crippen LogP contribution >= 0.6 is 11.6 Å². The Hall–Kier alpha value is -3.77. The summed E-state index contributed by atoms with van der Waals surface area (Å²) >= 11 is 6.13. The molecule has 7 rings (SSSR count). The van der Waals surface area contributed by atoms with Crippen molar-refractivity contribution in [1.82, 2.24) is 19.5 Å². The molecular weight excluding hydrogens is 638 g/mol. The van der Waals surface area contributed by atoms with Crippen LogP contribution in [0.15, 0.2) is 18.5 Å². The van der Waals surface area contributed by atoms with Crippen molar-refractivity contribution in [2.45, 2.75) is 116 Å². The lowest BCUT2D eigenvalue weighted by Gasteiger charge is -2.45. The van der Waals surface area contributed by atoms with Gasteiger partial charge in [-0.15, -0.1) is 0 Å². The number of halogens is 1. The highest BCUT2D eigenvalue weighted by atomic mass is 35.5. The Morgan fingerprint density at radius 2 is 1.81 bits per heavy atom. The summed E-state index contributed by atoms with van der Waals surface area (Å²) in [5.41, 5.74) is 6.98. The number of nitrogen functional groups attached to an aromatic ring is 1. The number of ether oxygens (including phenoxy) is 4. The number of aryl methyl sites for hydroxylation is 2. The van der Waals surface area contributed by atoms with Gasteiger partial charge >= 0.3 is 17.9 Å². The van der Waals surface area contributed by atoms with E-state index in [-0.39, 0.29) is 36.5 Å². The van der Waals surface area contributed by atoms with E-state index >= 15 is 0 Å². The molecule has 0 spiro atoms. The average Bonchev–Trinajstić information content (AvgIpc) is 3.57. The van der Waals surface area contributed by atoms with E-state index in [2.05, 4.69) is 15.0 Å². The van der Waals surface area contributed by atoms with Crippen LogP contribution in [-0.2, 0) is 34.0 Å². The summed E-state index contributed by atoms with van der Waals surface area (Å²) in [6, 6.07) is 3.79. The maximum absolute atomic E-state index is 13.9. The van der Waals surface area contributed by atoms with Crippen molar-refractivity contribution in [3.63, 3.8) is 0 Å². The topological polar surface area (TPSA) is 158 Å². The first-order chi connectivity index (χ1) is 22.6. The van der Waals surface area contributed by atoms with Gasteiger partial charge in [-0.3, -0.25) is 19.0 Å². The standard InChI is InChI=1S/C35H44ClN5O7/c1-19-13-20(2)27(23(14-19)46-21(3)42)33(4,5)16-26(43)45-17-34(6)24(47-31(44)35-10-7-22(8-11-35)9-12-35)15-25(48-34)41-18-38-28-29(37)39-32(36)40-30(28)41/h13-14,18,22,24-25H,7-12,15-17H2,1-6H3,(H2,37,39,40)/t22?,24-,25+,34+,35?/m0/s1. The number of carbonyl (C=O) groups excluding carboxylic acids is 3. The predicted octanol–water partition coefficient (Wildman–Crippen LogP) is 6.07. The number of anilines is 1. The molecule has 2 aromatic heterocycles. The Balaban J connectivity index is 1.23. The average molecular weight is 682 g/mol. The smallest absolute Gasteiger partial charge is 0.312 e. The minimum atomic E-state index is -1.19. The van der Waals surface area contributed by atoms with Crippen molar-refractivity contribution in [3.05, 3.63) is 40.4 Å². The number of hydrogen-bond acceptors (Lipinski definition) is 11. The second-order valence-electron chi connectivity index (χ2n) is 14.7. The van der Waals surface area contributed by atoms with Crippen LogP contribution in [0.1, 0.15) is 102 Å². The van der Waals surface area contributed by atoms with Gasteiger partial charge in [0.1, 0.15) is 35.8 Å². The van der Waals surface area contributed by atoms with E-state index in [0.29, 0.717) is 22.8 Å².